The third-order valence-electron chi connectivity index (χ3n) is 4.89. The van der Waals surface area contributed by atoms with Gasteiger partial charge in [-0.05, 0) is 6.42 Å². The van der Waals surface area contributed by atoms with Crippen LogP contribution in [0.2, 0.25) is 0 Å². The Kier molecular flexibility index (Phi) is 11.8. The second kappa shape index (κ2) is 13.0. The van der Waals surface area contributed by atoms with Gasteiger partial charge >= 0.3 is 0 Å². The van der Waals surface area contributed by atoms with E-state index in [-0.39, 0.29) is 6.17 Å². The minimum absolute atomic E-state index is 0.369. The number of unbranched alkanes of at least 4 members (excludes halogenated alkanes) is 8. The van der Waals surface area contributed by atoms with Crippen molar-refractivity contribution in [3.63, 3.8) is 0 Å². The van der Waals surface area contributed by atoms with Crippen LogP contribution in [0.15, 0.2) is 0 Å². The van der Waals surface area contributed by atoms with Gasteiger partial charge < -0.3 is 30.9 Å². The summed E-state index contributed by atoms with van der Waals surface area (Å²) in [6.07, 6.45) is 5.72. The minimum Gasteiger partial charge on any atom is -0.394 e. The lowest BCUT2D eigenvalue weighted by atomic mass is 9.98. The van der Waals surface area contributed by atoms with Crippen LogP contribution >= 0.6 is 0 Å². The summed E-state index contributed by atoms with van der Waals surface area (Å²) < 4.78 is 5.39. The average Bonchev–Trinajstić information content (AvgIpc) is 2.60. The maximum Gasteiger partial charge on any atom is 0.138 e. The van der Waals surface area contributed by atoms with Gasteiger partial charge in [0.05, 0.1) is 12.8 Å². The van der Waals surface area contributed by atoms with Crippen LogP contribution in [-0.2, 0) is 4.74 Å². The van der Waals surface area contributed by atoms with E-state index in [0.29, 0.717) is 0 Å². The van der Waals surface area contributed by atoms with E-state index in [9.17, 15) is 20.4 Å². The summed E-state index contributed by atoms with van der Waals surface area (Å²) in [7, 11) is 0. The fourth-order valence-corrected chi connectivity index (χ4v) is 3.21. The van der Waals surface area contributed by atoms with Gasteiger partial charge in [0, 0.05) is 0 Å². The molecule has 0 spiro atoms. The standard InChI is InChI=1S/C18H38N2O5/c1-2-3-4-5-6-7-8-9-10-11-14(19)20-18-17(24)16(23)15(22)13(12-21)25-18/h13-18,20-24H,2-12,19H2,1H3/t13-,14-,15+,16+,17-,18-/m1/s1. The molecule has 7 heteroatoms. The van der Waals surface area contributed by atoms with E-state index < -0.39 is 37.3 Å². The molecule has 1 fully saturated rings. The molecule has 0 bridgehead atoms. The highest BCUT2D eigenvalue weighted by Gasteiger charge is 2.43. The van der Waals surface area contributed by atoms with Crippen molar-refractivity contribution in [2.45, 2.75) is 108 Å². The first-order valence-electron chi connectivity index (χ1n) is 9.83. The van der Waals surface area contributed by atoms with E-state index in [2.05, 4.69) is 12.2 Å². The molecule has 7 nitrogen and oxygen atoms in total. The molecular weight excluding hydrogens is 324 g/mol. The van der Waals surface area contributed by atoms with Crippen LogP contribution < -0.4 is 11.1 Å². The maximum atomic E-state index is 9.97. The number of nitrogens with one attached hydrogen (secondary N) is 1. The number of nitrogens with two attached hydrogens (primary N) is 1. The minimum atomic E-state index is -1.37. The highest BCUT2D eigenvalue weighted by atomic mass is 16.6. The Balaban J connectivity index is 2.14. The lowest BCUT2D eigenvalue weighted by Gasteiger charge is -2.41. The number of aliphatic hydroxyl groups excluding tert-OH is 4. The molecule has 150 valence electrons. The quantitative estimate of drug-likeness (QED) is 0.209. The molecule has 7 N–H and O–H groups in total. The van der Waals surface area contributed by atoms with Crippen molar-refractivity contribution in [2.24, 2.45) is 5.73 Å². The number of hydrogen-bond donors (Lipinski definition) is 6. The average molecular weight is 363 g/mol. The van der Waals surface area contributed by atoms with Crippen LogP contribution in [-0.4, -0.2) is 63.8 Å². The summed E-state index contributed by atoms with van der Waals surface area (Å²) in [5.74, 6) is 0. The molecule has 0 aromatic rings. The van der Waals surface area contributed by atoms with E-state index in [1.54, 1.807) is 0 Å². The Morgan fingerprint density at radius 1 is 0.880 bits per heavy atom. The van der Waals surface area contributed by atoms with Gasteiger partial charge in [-0.1, -0.05) is 64.7 Å². The van der Waals surface area contributed by atoms with Gasteiger partial charge in [0.1, 0.15) is 30.6 Å². The van der Waals surface area contributed by atoms with Gasteiger partial charge in [0.25, 0.3) is 0 Å². The van der Waals surface area contributed by atoms with Crippen molar-refractivity contribution >= 4 is 0 Å². The SMILES string of the molecule is CCCCCCCCCCC[C@H](N)N[C@@H]1O[C@H](CO)[C@H](O)[C@H](O)[C@H]1O. The molecule has 0 radical (unpaired) electrons. The van der Waals surface area contributed by atoms with Crippen LogP contribution in [0.25, 0.3) is 0 Å². The zero-order valence-electron chi connectivity index (χ0n) is 15.5. The van der Waals surface area contributed by atoms with Crippen molar-refractivity contribution in [1.29, 1.82) is 0 Å². The van der Waals surface area contributed by atoms with Gasteiger partial charge in [0.15, 0.2) is 0 Å². The zero-order chi connectivity index (χ0) is 18.7. The summed E-state index contributed by atoms with van der Waals surface area (Å²) in [6.45, 7) is 1.79. The molecule has 0 saturated carbocycles. The molecular formula is C18H38N2O5. The third-order valence-corrected chi connectivity index (χ3v) is 4.89. The first kappa shape index (κ1) is 22.8. The molecule has 1 aliphatic rings. The molecule has 0 aromatic heterocycles. The van der Waals surface area contributed by atoms with Crippen molar-refractivity contribution < 1.29 is 25.2 Å². The molecule has 6 atom stereocenters. The lowest BCUT2D eigenvalue weighted by molar-refractivity contribution is -0.238. The van der Waals surface area contributed by atoms with E-state index in [4.69, 9.17) is 10.5 Å². The van der Waals surface area contributed by atoms with Gasteiger partial charge in [-0.15, -0.1) is 0 Å². The Hall–Kier alpha value is -0.280. The molecule has 25 heavy (non-hydrogen) atoms. The highest BCUT2D eigenvalue weighted by Crippen LogP contribution is 2.20. The molecule has 1 rings (SSSR count). The van der Waals surface area contributed by atoms with Gasteiger partial charge in [-0.25, -0.2) is 0 Å². The number of ether oxygens (including phenoxy) is 1. The second-order valence-corrected chi connectivity index (χ2v) is 7.14. The van der Waals surface area contributed by atoms with Gasteiger partial charge in [0.2, 0.25) is 0 Å². The molecule has 1 aliphatic heterocycles. The predicted octanol–water partition coefficient (Wildman–Crippen LogP) is 0.582. The highest BCUT2D eigenvalue weighted by molar-refractivity contribution is 4.91. The lowest BCUT2D eigenvalue weighted by Crippen LogP contribution is -2.64. The van der Waals surface area contributed by atoms with E-state index in [1.807, 2.05) is 0 Å². The van der Waals surface area contributed by atoms with E-state index >= 15 is 0 Å². The topological polar surface area (TPSA) is 128 Å². The fourth-order valence-electron chi connectivity index (χ4n) is 3.21. The smallest absolute Gasteiger partial charge is 0.138 e. The van der Waals surface area contributed by atoms with Crippen molar-refractivity contribution in [3.8, 4) is 0 Å². The molecule has 1 heterocycles. The largest absolute Gasteiger partial charge is 0.394 e. The monoisotopic (exact) mass is 362 g/mol. The van der Waals surface area contributed by atoms with E-state index in [0.717, 1.165) is 19.3 Å². The van der Waals surface area contributed by atoms with Crippen molar-refractivity contribution in [2.75, 3.05) is 6.61 Å². The number of rotatable bonds is 13. The molecule has 1 saturated heterocycles. The van der Waals surface area contributed by atoms with Gasteiger partial charge in [-0.3, -0.25) is 5.32 Å². The van der Waals surface area contributed by atoms with Crippen LogP contribution in [0, 0.1) is 0 Å². The van der Waals surface area contributed by atoms with Crippen LogP contribution in [0.4, 0.5) is 0 Å². The normalized spacial score (nSPS) is 31.2. The molecule has 0 amide bonds. The van der Waals surface area contributed by atoms with Crippen LogP contribution in [0.1, 0.15) is 71.1 Å². The Morgan fingerprint density at radius 3 is 2.00 bits per heavy atom. The zero-order valence-corrected chi connectivity index (χ0v) is 15.5. The second-order valence-electron chi connectivity index (χ2n) is 7.14. The van der Waals surface area contributed by atoms with Crippen molar-refractivity contribution in [3.05, 3.63) is 0 Å². The van der Waals surface area contributed by atoms with Gasteiger partial charge in [-0.2, -0.15) is 0 Å². The Labute approximate surface area is 151 Å². The number of aliphatic hydroxyl groups is 4. The summed E-state index contributed by atoms with van der Waals surface area (Å²) in [5, 5.41) is 41.6. The Bertz CT molecular complexity index is 333. The number of hydrogen-bond acceptors (Lipinski definition) is 7. The summed E-state index contributed by atoms with van der Waals surface area (Å²) in [4.78, 5) is 0. The third kappa shape index (κ3) is 8.30. The van der Waals surface area contributed by atoms with E-state index in [1.165, 1.54) is 44.9 Å². The first-order chi connectivity index (χ1) is 12.0. The maximum absolute atomic E-state index is 9.97. The Morgan fingerprint density at radius 2 is 1.44 bits per heavy atom. The van der Waals surface area contributed by atoms with Crippen LogP contribution in [0.5, 0.6) is 0 Å². The van der Waals surface area contributed by atoms with Crippen molar-refractivity contribution in [1.82, 2.24) is 5.32 Å². The van der Waals surface area contributed by atoms with Crippen LogP contribution in [0.3, 0.4) is 0 Å². The summed E-state index contributed by atoms with van der Waals surface area (Å²) in [6, 6.07) is 0. The molecule has 0 unspecified atom stereocenters. The molecule has 0 aliphatic carbocycles. The molecule has 0 aromatic carbocycles. The summed E-state index contributed by atoms with van der Waals surface area (Å²) >= 11 is 0. The predicted molar refractivity (Wildman–Crippen MR) is 96.7 cm³/mol. The first-order valence-corrected chi connectivity index (χ1v) is 9.83. The fraction of sp³-hybridized carbons (Fsp3) is 1.00. The summed E-state index contributed by atoms with van der Waals surface area (Å²) in [5.41, 5.74) is 6.02.